The molecule has 0 amide bonds. The van der Waals surface area contributed by atoms with Gasteiger partial charge in [0.05, 0.1) is 6.61 Å². The van der Waals surface area contributed by atoms with Crippen molar-refractivity contribution in [3.05, 3.63) is 64.6 Å². The fourth-order valence-corrected chi connectivity index (χ4v) is 3.37. The molecular formula is C18H20N2OS. The first-order chi connectivity index (χ1) is 10.9. The van der Waals surface area contributed by atoms with Crippen LogP contribution in [0.1, 0.15) is 10.4 Å². The summed E-state index contributed by atoms with van der Waals surface area (Å²) in [5, 5.41) is 4.61. The van der Waals surface area contributed by atoms with Crippen LogP contribution in [0.4, 0.5) is 0 Å². The van der Waals surface area contributed by atoms with E-state index in [1.54, 1.807) is 18.4 Å². The molecule has 0 fully saturated rings. The minimum Gasteiger partial charge on any atom is -0.383 e. The molecule has 0 aliphatic rings. The predicted octanol–water partition coefficient (Wildman–Crippen LogP) is 3.94. The first-order valence-electron chi connectivity index (χ1n) is 7.42. The number of thiophene rings is 1. The van der Waals surface area contributed by atoms with E-state index in [9.17, 15) is 0 Å². The maximum absolute atomic E-state index is 5.27. The van der Waals surface area contributed by atoms with E-state index in [0.29, 0.717) is 0 Å². The molecule has 0 aliphatic heterocycles. The maximum Gasteiger partial charge on any atom is 0.0589 e. The summed E-state index contributed by atoms with van der Waals surface area (Å²) in [4.78, 5) is 8.03. The van der Waals surface area contributed by atoms with Gasteiger partial charge in [0.1, 0.15) is 0 Å². The van der Waals surface area contributed by atoms with E-state index in [2.05, 4.69) is 51.7 Å². The standard InChI is InChI=1S/C18H20N2OS/c1-21-10-9-20(14-17-6-3-11-22-17)13-16-5-2-4-15-12-19-8-7-18(15)16/h2-8,11-12H,9-10,13-14H2,1H3. The first kappa shape index (κ1) is 15.2. The average molecular weight is 312 g/mol. The van der Waals surface area contributed by atoms with Gasteiger partial charge in [-0.05, 0) is 28.5 Å². The summed E-state index contributed by atoms with van der Waals surface area (Å²) >= 11 is 1.81. The summed E-state index contributed by atoms with van der Waals surface area (Å²) in [7, 11) is 1.76. The van der Waals surface area contributed by atoms with Crippen LogP contribution in [0, 0.1) is 0 Å². The maximum atomic E-state index is 5.27. The summed E-state index contributed by atoms with van der Waals surface area (Å²) in [6.45, 7) is 3.55. The number of rotatable bonds is 7. The summed E-state index contributed by atoms with van der Waals surface area (Å²) in [6.07, 6.45) is 3.79. The lowest BCUT2D eigenvalue weighted by atomic mass is 10.1. The van der Waals surface area contributed by atoms with E-state index in [-0.39, 0.29) is 0 Å². The molecule has 0 unspecified atom stereocenters. The van der Waals surface area contributed by atoms with Gasteiger partial charge in [-0.25, -0.2) is 0 Å². The van der Waals surface area contributed by atoms with Gasteiger partial charge in [0.25, 0.3) is 0 Å². The number of ether oxygens (including phenoxy) is 1. The second-order valence-electron chi connectivity index (χ2n) is 5.30. The molecule has 22 heavy (non-hydrogen) atoms. The van der Waals surface area contributed by atoms with Gasteiger partial charge in [-0.15, -0.1) is 11.3 Å². The van der Waals surface area contributed by atoms with Crippen LogP contribution in [0.25, 0.3) is 10.8 Å². The molecule has 0 saturated heterocycles. The Morgan fingerprint density at radius 2 is 2.09 bits per heavy atom. The lowest BCUT2D eigenvalue weighted by Crippen LogP contribution is -2.26. The van der Waals surface area contributed by atoms with Crippen molar-refractivity contribution in [3.8, 4) is 0 Å². The minimum absolute atomic E-state index is 0.748. The van der Waals surface area contributed by atoms with Gasteiger partial charge in [-0.3, -0.25) is 9.88 Å². The third-order valence-corrected chi connectivity index (χ3v) is 4.60. The van der Waals surface area contributed by atoms with E-state index in [1.807, 2.05) is 12.4 Å². The molecule has 0 N–H and O–H groups in total. The lowest BCUT2D eigenvalue weighted by Gasteiger charge is -2.22. The molecule has 114 valence electrons. The fourth-order valence-electron chi connectivity index (χ4n) is 2.63. The Hall–Kier alpha value is -1.75. The average Bonchev–Trinajstić information content (AvgIpc) is 3.06. The number of hydrogen-bond acceptors (Lipinski definition) is 4. The highest BCUT2D eigenvalue weighted by Crippen LogP contribution is 2.20. The molecule has 3 nitrogen and oxygen atoms in total. The summed E-state index contributed by atoms with van der Waals surface area (Å²) in [5.74, 6) is 0. The molecule has 0 bridgehead atoms. The van der Waals surface area contributed by atoms with Crippen LogP contribution < -0.4 is 0 Å². The fraction of sp³-hybridized carbons (Fsp3) is 0.278. The van der Waals surface area contributed by atoms with Gasteiger partial charge in [0.2, 0.25) is 0 Å². The largest absolute Gasteiger partial charge is 0.383 e. The third kappa shape index (κ3) is 3.71. The number of methoxy groups -OCH3 is 1. The zero-order valence-corrected chi connectivity index (χ0v) is 13.6. The Labute approximate surface area is 135 Å². The van der Waals surface area contributed by atoms with Crippen molar-refractivity contribution in [2.45, 2.75) is 13.1 Å². The minimum atomic E-state index is 0.748. The normalized spacial score (nSPS) is 11.4. The molecular weight excluding hydrogens is 292 g/mol. The predicted molar refractivity (Wildman–Crippen MR) is 92.1 cm³/mol. The number of pyridine rings is 1. The highest BCUT2D eigenvalue weighted by molar-refractivity contribution is 7.09. The van der Waals surface area contributed by atoms with Crippen molar-refractivity contribution >= 4 is 22.1 Å². The topological polar surface area (TPSA) is 25.4 Å². The number of fused-ring (bicyclic) bond motifs is 1. The number of benzene rings is 1. The van der Waals surface area contributed by atoms with Crippen molar-refractivity contribution in [2.24, 2.45) is 0 Å². The van der Waals surface area contributed by atoms with Crippen molar-refractivity contribution in [1.82, 2.24) is 9.88 Å². The molecule has 2 heterocycles. The van der Waals surface area contributed by atoms with E-state index in [0.717, 1.165) is 26.2 Å². The highest BCUT2D eigenvalue weighted by atomic mass is 32.1. The Morgan fingerprint density at radius 1 is 1.14 bits per heavy atom. The van der Waals surface area contributed by atoms with Crippen LogP contribution in [-0.4, -0.2) is 30.1 Å². The number of nitrogens with zero attached hydrogens (tertiary/aromatic N) is 2. The SMILES string of the molecule is COCCN(Cc1cccs1)Cc1cccc2cnccc12. The lowest BCUT2D eigenvalue weighted by molar-refractivity contribution is 0.141. The second kappa shape index (κ2) is 7.49. The molecule has 0 saturated carbocycles. The van der Waals surface area contributed by atoms with Crippen LogP contribution in [-0.2, 0) is 17.8 Å². The van der Waals surface area contributed by atoms with Crippen molar-refractivity contribution < 1.29 is 4.74 Å². The highest BCUT2D eigenvalue weighted by Gasteiger charge is 2.10. The smallest absolute Gasteiger partial charge is 0.0589 e. The molecule has 0 spiro atoms. The van der Waals surface area contributed by atoms with Gasteiger partial charge >= 0.3 is 0 Å². The van der Waals surface area contributed by atoms with Crippen LogP contribution in [0.2, 0.25) is 0 Å². The third-order valence-electron chi connectivity index (χ3n) is 3.74. The molecule has 1 aromatic carbocycles. The summed E-state index contributed by atoms with van der Waals surface area (Å²) in [6, 6.07) is 12.8. The second-order valence-corrected chi connectivity index (χ2v) is 6.33. The van der Waals surface area contributed by atoms with E-state index < -0.39 is 0 Å². The molecule has 4 heteroatoms. The molecule has 3 rings (SSSR count). The molecule has 0 aliphatic carbocycles. The van der Waals surface area contributed by atoms with Crippen LogP contribution in [0.15, 0.2) is 54.2 Å². The monoisotopic (exact) mass is 312 g/mol. The number of aromatic nitrogens is 1. The van der Waals surface area contributed by atoms with Crippen molar-refractivity contribution in [3.63, 3.8) is 0 Å². The van der Waals surface area contributed by atoms with Crippen LogP contribution >= 0.6 is 11.3 Å². The molecule has 0 radical (unpaired) electrons. The van der Waals surface area contributed by atoms with E-state index in [1.165, 1.54) is 21.2 Å². The van der Waals surface area contributed by atoms with Crippen LogP contribution in [0.3, 0.4) is 0 Å². The first-order valence-corrected chi connectivity index (χ1v) is 8.30. The van der Waals surface area contributed by atoms with Gasteiger partial charge in [-0.1, -0.05) is 24.3 Å². The number of hydrogen-bond donors (Lipinski definition) is 0. The Kier molecular flexibility index (Phi) is 5.16. The Bertz CT molecular complexity index is 707. The molecule has 2 aromatic heterocycles. The van der Waals surface area contributed by atoms with Gasteiger partial charge in [0.15, 0.2) is 0 Å². The zero-order chi connectivity index (χ0) is 15.2. The Morgan fingerprint density at radius 3 is 2.91 bits per heavy atom. The summed E-state index contributed by atoms with van der Waals surface area (Å²) in [5.41, 5.74) is 1.34. The quantitative estimate of drug-likeness (QED) is 0.660. The van der Waals surface area contributed by atoms with Crippen molar-refractivity contribution in [2.75, 3.05) is 20.3 Å². The van der Waals surface area contributed by atoms with E-state index >= 15 is 0 Å². The van der Waals surface area contributed by atoms with Gasteiger partial charge < -0.3 is 4.74 Å². The Balaban J connectivity index is 1.81. The molecule has 0 atom stereocenters. The van der Waals surface area contributed by atoms with Crippen LogP contribution in [0.5, 0.6) is 0 Å². The van der Waals surface area contributed by atoms with Gasteiger partial charge in [0, 0.05) is 49.4 Å². The van der Waals surface area contributed by atoms with Crippen molar-refractivity contribution in [1.29, 1.82) is 0 Å². The van der Waals surface area contributed by atoms with Gasteiger partial charge in [-0.2, -0.15) is 0 Å². The summed E-state index contributed by atoms with van der Waals surface area (Å²) < 4.78 is 5.27. The molecule has 3 aromatic rings. The zero-order valence-electron chi connectivity index (χ0n) is 12.7. The van der Waals surface area contributed by atoms with E-state index in [4.69, 9.17) is 4.74 Å².